The topological polar surface area (TPSA) is 84.8 Å². The number of amides is 1. The lowest BCUT2D eigenvalue weighted by Gasteiger charge is -2.11. The molecule has 24 heavy (non-hydrogen) atoms. The number of benzene rings is 1. The van der Waals surface area contributed by atoms with E-state index in [-0.39, 0.29) is 5.91 Å². The van der Waals surface area contributed by atoms with Gasteiger partial charge >= 0.3 is 0 Å². The van der Waals surface area contributed by atoms with Gasteiger partial charge in [0.15, 0.2) is 11.5 Å². The number of anilines is 1. The first kappa shape index (κ1) is 17.7. The van der Waals surface area contributed by atoms with Crippen LogP contribution in [0, 0.1) is 6.92 Å². The molecule has 128 valence electrons. The van der Waals surface area contributed by atoms with Crippen molar-refractivity contribution in [1.29, 1.82) is 0 Å². The van der Waals surface area contributed by atoms with Crippen LogP contribution in [0.3, 0.4) is 0 Å². The maximum Gasteiger partial charge on any atom is 0.216 e. The van der Waals surface area contributed by atoms with Crippen LogP contribution in [0.25, 0.3) is 0 Å². The van der Waals surface area contributed by atoms with Gasteiger partial charge in [-0.1, -0.05) is 0 Å². The number of nitrogens with one attached hydrogen (secondary N) is 2. The molecule has 0 spiro atoms. The van der Waals surface area contributed by atoms with Crippen molar-refractivity contribution in [3.05, 3.63) is 34.8 Å². The van der Waals surface area contributed by atoms with Gasteiger partial charge in [-0.15, -0.1) is 11.3 Å². The highest BCUT2D eigenvalue weighted by Crippen LogP contribution is 2.27. The molecule has 0 unspecified atom stereocenters. The summed E-state index contributed by atoms with van der Waals surface area (Å²) in [6.07, 6.45) is 1.68. The molecule has 7 nitrogen and oxygen atoms in total. The second kappa shape index (κ2) is 8.88. The maximum atomic E-state index is 10.8. The second-order valence-electron chi connectivity index (χ2n) is 4.91. The Morgan fingerprint density at radius 1 is 1.42 bits per heavy atom. The SMILES string of the molecule is COc1cc(C=NNc2nc(C)cs2)ccc1OCCNC(C)=O. The van der Waals surface area contributed by atoms with Crippen molar-refractivity contribution < 1.29 is 14.3 Å². The predicted molar refractivity (Wildman–Crippen MR) is 95.2 cm³/mol. The highest BCUT2D eigenvalue weighted by molar-refractivity contribution is 7.13. The number of nitrogens with zero attached hydrogens (tertiary/aromatic N) is 2. The fourth-order valence-electron chi connectivity index (χ4n) is 1.84. The monoisotopic (exact) mass is 348 g/mol. The van der Waals surface area contributed by atoms with Gasteiger partial charge < -0.3 is 14.8 Å². The van der Waals surface area contributed by atoms with Crippen molar-refractivity contribution in [2.24, 2.45) is 5.10 Å². The summed E-state index contributed by atoms with van der Waals surface area (Å²) >= 11 is 1.50. The molecule has 2 aromatic rings. The Hall–Kier alpha value is -2.61. The molecule has 1 heterocycles. The van der Waals surface area contributed by atoms with Crippen LogP contribution in [-0.2, 0) is 4.79 Å². The van der Waals surface area contributed by atoms with Crippen molar-refractivity contribution in [3.8, 4) is 11.5 Å². The van der Waals surface area contributed by atoms with E-state index in [1.807, 2.05) is 30.5 Å². The van der Waals surface area contributed by atoms with Crippen LogP contribution in [0.2, 0.25) is 0 Å². The zero-order valence-electron chi connectivity index (χ0n) is 13.8. The first-order valence-electron chi connectivity index (χ1n) is 7.35. The number of carbonyl (C=O) groups excluding carboxylic acids is 1. The summed E-state index contributed by atoms with van der Waals surface area (Å²) in [4.78, 5) is 15.1. The largest absolute Gasteiger partial charge is 0.493 e. The van der Waals surface area contributed by atoms with Gasteiger partial charge in [0.25, 0.3) is 0 Å². The van der Waals surface area contributed by atoms with Gasteiger partial charge in [0.05, 0.1) is 25.6 Å². The van der Waals surface area contributed by atoms with E-state index in [0.717, 1.165) is 16.4 Å². The van der Waals surface area contributed by atoms with E-state index in [9.17, 15) is 4.79 Å². The molecule has 1 amide bonds. The third-order valence-electron chi connectivity index (χ3n) is 2.91. The zero-order chi connectivity index (χ0) is 17.4. The van der Waals surface area contributed by atoms with Gasteiger partial charge in [0.2, 0.25) is 11.0 Å². The Bertz CT molecular complexity index is 715. The standard InChI is InChI=1S/C16H20N4O3S/c1-11-10-24-16(19-11)20-18-9-13-4-5-14(15(8-13)22-3)23-7-6-17-12(2)21/h4-5,8-10H,6-7H2,1-3H3,(H,17,21)(H,19,20). The van der Waals surface area contributed by atoms with Crippen LogP contribution in [0.15, 0.2) is 28.7 Å². The van der Waals surface area contributed by atoms with Crippen LogP contribution >= 0.6 is 11.3 Å². The van der Waals surface area contributed by atoms with Crippen molar-refractivity contribution in [2.75, 3.05) is 25.7 Å². The lowest BCUT2D eigenvalue weighted by atomic mass is 10.2. The highest BCUT2D eigenvalue weighted by atomic mass is 32.1. The number of carbonyl (C=O) groups is 1. The van der Waals surface area contributed by atoms with Crippen LogP contribution in [0.5, 0.6) is 11.5 Å². The molecule has 1 aromatic heterocycles. The van der Waals surface area contributed by atoms with E-state index in [4.69, 9.17) is 9.47 Å². The van der Waals surface area contributed by atoms with Gasteiger partial charge in [-0.2, -0.15) is 5.10 Å². The molecule has 1 aromatic carbocycles. The number of aromatic nitrogens is 1. The summed E-state index contributed by atoms with van der Waals surface area (Å²) in [5.41, 5.74) is 4.70. The average molecular weight is 348 g/mol. The molecule has 2 N–H and O–H groups in total. The van der Waals surface area contributed by atoms with Crippen LogP contribution in [0.1, 0.15) is 18.2 Å². The number of methoxy groups -OCH3 is 1. The van der Waals surface area contributed by atoms with Gasteiger partial charge in [-0.25, -0.2) is 4.98 Å². The zero-order valence-corrected chi connectivity index (χ0v) is 14.6. The second-order valence-corrected chi connectivity index (χ2v) is 5.76. The first-order chi connectivity index (χ1) is 11.6. The summed E-state index contributed by atoms with van der Waals surface area (Å²) in [6, 6.07) is 5.50. The number of thiazole rings is 1. The van der Waals surface area contributed by atoms with Gasteiger partial charge in [-0.05, 0) is 30.7 Å². The third-order valence-corrected chi connectivity index (χ3v) is 3.78. The van der Waals surface area contributed by atoms with E-state index in [1.54, 1.807) is 13.3 Å². The summed E-state index contributed by atoms with van der Waals surface area (Å²) in [5, 5.41) is 9.52. The van der Waals surface area contributed by atoms with Crippen molar-refractivity contribution in [2.45, 2.75) is 13.8 Å². The molecule has 0 saturated carbocycles. The molecule has 0 bridgehead atoms. The third kappa shape index (κ3) is 5.54. The molecule has 0 aliphatic carbocycles. The molecular weight excluding hydrogens is 328 g/mol. The fourth-order valence-corrected chi connectivity index (χ4v) is 2.48. The first-order valence-corrected chi connectivity index (χ1v) is 8.23. The number of hydrazone groups is 1. The number of aryl methyl sites for hydroxylation is 1. The molecule has 0 atom stereocenters. The average Bonchev–Trinajstić information content (AvgIpc) is 2.97. The summed E-state index contributed by atoms with van der Waals surface area (Å²) < 4.78 is 10.9. The minimum atomic E-state index is -0.0833. The molecular formula is C16H20N4O3S. The predicted octanol–water partition coefficient (Wildman–Crippen LogP) is 2.42. The highest BCUT2D eigenvalue weighted by Gasteiger charge is 2.05. The Morgan fingerprint density at radius 2 is 2.25 bits per heavy atom. The van der Waals surface area contributed by atoms with Crippen LogP contribution < -0.4 is 20.2 Å². The van der Waals surface area contributed by atoms with Crippen LogP contribution in [0.4, 0.5) is 5.13 Å². The fraction of sp³-hybridized carbons (Fsp3) is 0.312. The van der Waals surface area contributed by atoms with E-state index in [0.29, 0.717) is 24.7 Å². The molecule has 0 aliphatic rings. The lowest BCUT2D eigenvalue weighted by Crippen LogP contribution is -2.25. The maximum absolute atomic E-state index is 10.8. The van der Waals surface area contributed by atoms with Crippen molar-refractivity contribution in [1.82, 2.24) is 10.3 Å². The lowest BCUT2D eigenvalue weighted by molar-refractivity contribution is -0.119. The van der Waals surface area contributed by atoms with E-state index >= 15 is 0 Å². The Kier molecular flexibility index (Phi) is 6.56. The Labute approximate surface area is 144 Å². The smallest absolute Gasteiger partial charge is 0.216 e. The molecule has 8 heteroatoms. The van der Waals surface area contributed by atoms with E-state index in [2.05, 4.69) is 20.8 Å². The van der Waals surface area contributed by atoms with E-state index in [1.165, 1.54) is 18.3 Å². The normalized spacial score (nSPS) is 10.6. The molecule has 0 fully saturated rings. The molecule has 2 rings (SSSR count). The summed E-state index contributed by atoms with van der Waals surface area (Å²) in [6.45, 7) is 4.21. The minimum absolute atomic E-state index is 0.0833. The molecule has 0 radical (unpaired) electrons. The summed E-state index contributed by atoms with van der Waals surface area (Å²) in [5.74, 6) is 1.13. The van der Waals surface area contributed by atoms with Crippen molar-refractivity contribution >= 4 is 28.6 Å². The Balaban J connectivity index is 1.93. The number of ether oxygens (including phenoxy) is 2. The minimum Gasteiger partial charge on any atom is -0.493 e. The summed E-state index contributed by atoms with van der Waals surface area (Å²) in [7, 11) is 1.58. The quantitative estimate of drug-likeness (QED) is 0.435. The number of hydrogen-bond donors (Lipinski definition) is 2. The number of rotatable bonds is 8. The molecule has 0 aliphatic heterocycles. The van der Waals surface area contributed by atoms with Gasteiger partial charge in [0.1, 0.15) is 6.61 Å². The van der Waals surface area contributed by atoms with Gasteiger partial charge in [-0.3, -0.25) is 10.2 Å². The Morgan fingerprint density at radius 3 is 2.92 bits per heavy atom. The van der Waals surface area contributed by atoms with Crippen molar-refractivity contribution in [3.63, 3.8) is 0 Å². The van der Waals surface area contributed by atoms with E-state index < -0.39 is 0 Å². The number of hydrogen-bond acceptors (Lipinski definition) is 7. The molecule has 0 saturated heterocycles. The van der Waals surface area contributed by atoms with Crippen LogP contribution in [-0.4, -0.2) is 37.4 Å². The van der Waals surface area contributed by atoms with Gasteiger partial charge in [0, 0.05) is 12.3 Å².